The third-order valence-electron chi connectivity index (χ3n) is 8.66. The number of aliphatic hydroxyl groups is 1. The van der Waals surface area contributed by atoms with Gasteiger partial charge in [0.2, 0.25) is 11.8 Å². The molecule has 3 fully saturated rings. The van der Waals surface area contributed by atoms with Crippen LogP contribution >= 0.6 is 11.8 Å². The molecule has 3 aliphatic rings. The Kier molecular flexibility index (Phi) is 9.17. The third-order valence-corrected chi connectivity index (χ3v) is 10.6. The molecule has 0 aromatic heterocycles. The zero-order valence-electron chi connectivity index (χ0n) is 24.7. The SMILES string of the molecule is C=CCN(C(=O)C1N(CCO)C(=O)[C@@H]2[C@@H](C(=O)N(CC=C)c3ccc(OCC)cc3)[C@H]3CCC12S3)c1ccc(OC)cc1. The van der Waals surface area contributed by atoms with E-state index in [2.05, 4.69) is 13.2 Å². The van der Waals surface area contributed by atoms with Crippen LogP contribution in [0.1, 0.15) is 19.8 Å². The van der Waals surface area contributed by atoms with Crippen LogP contribution in [-0.2, 0) is 14.4 Å². The number of nitrogens with zero attached hydrogens (tertiary/aromatic N) is 3. The van der Waals surface area contributed by atoms with Gasteiger partial charge in [-0.3, -0.25) is 14.4 Å². The van der Waals surface area contributed by atoms with Crippen LogP contribution < -0.4 is 19.3 Å². The van der Waals surface area contributed by atoms with Gasteiger partial charge in [-0.25, -0.2) is 0 Å². The normalized spacial score (nSPS) is 25.3. The summed E-state index contributed by atoms with van der Waals surface area (Å²) < 4.78 is 10.1. The van der Waals surface area contributed by atoms with E-state index in [4.69, 9.17) is 9.47 Å². The first-order chi connectivity index (χ1) is 20.8. The molecular weight excluding hydrogens is 566 g/mol. The third kappa shape index (κ3) is 5.31. The summed E-state index contributed by atoms with van der Waals surface area (Å²) in [5.74, 6) is -0.569. The summed E-state index contributed by atoms with van der Waals surface area (Å²) >= 11 is 1.60. The van der Waals surface area contributed by atoms with E-state index >= 15 is 0 Å². The average Bonchev–Trinajstić information content (AvgIpc) is 3.66. The highest BCUT2D eigenvalue weighted by Gasteiger charge is 2.74. The minimum Gasteiger partial charge on any atom is -0.497 e. The molecule has 228 valence electrons. The Hall–Kier alpha value is -3.76. The highest BCUT2D eigenvalue weighted by molar-refractivity contribution is 8.02. The molecular formula is C33H39N3O6S. The maximum Gasteiger partial charge on any atom is 0.251 e. The first-order valence-electron chi connectivity index (χ1n) is 14.7. The standard InChI is InChI=1S/C33H39N3O6S/c1-5-18-34(22-10-14-25(15-11-22)42-7-3)30(38)27-26-16-17-33(43-26)28(27)31(39)36(20-21-37)29(33)32(40)35(19-6-2)23-8-12-24(41-4)13-9-23/h5-6,8-15,26-29,37H,1-2,7,16-21H2,3-4H3/t26-,27+,28+,29?,33?/m1/s1. The van der Waals surface area contributed by atoms with Crippen LogP contribution in [0.5, 0.6) is 11.5 Å². The van der Waals surface area contributed by atoms with Crippen LogP contribution in [0.4, 0.5) is 11.4 Å². The molecule has 0 radical (unpaired) electrons. The van der Waals surface area contributed by atoms with Crippen molar-refractivity contribution < 1.29 is 29.0 Å². The van der Waals surface area contributed by atoms with Gasteiger partial charge in [-0.2, -0.15) is 0 Å². The number of ether oxygens (including phenoxy) is 2. The zero-order valence-corrected chi connectivity index (χ0v) is 25.5. The minimum absolute atomic E-state index is 0.0133. The van der Waals surface area contributed by atoms with Gasteiger partial charge < -0.3 is 29.3 Å². The molecule has 5 rings (SSSR count). The molecule has 3 aliphatic heterocycles. The summed E-state index contributed by atoms with van der Waals surface area (Å²) in [5.41, 5.74) is 1.34. The Morgan fingerprint density at radius 2 is 1.60 bits per heavy atom. The minimum atomic E-state index is -0.828. The van der Waals surface area contributed by atoms with Gasteiger partial charge in [-0.1, -0.05) is 12.2 Å². The van der Waals surface area contributed by atoms with E-state index in [9.17, 15) is 19.5 Å². The van der Waals surface area contributed by atoms with E-state index in [0.29, 0.717) is 35.9 Å². The van der Waals surface area contributed by atoms with Gasteiger partial charge in [0, 0.05) is 36.3 Å². The molecule has 5 atom stereocenters. The van der Waals surface area contributed by atoms with Crippen molar-refractivity contribution in [3.63, 3.8) is 0 Å². The van der Waals surface area contributed by atoms with Crippen LogP contribution in [0.15, 0.2) is 73.8 Å². The number of β-amino-alcohol motifs (C(OH)–C–C–N with tert-alkyl or cyclic N) is 1. The van der Waals surface area contributed by atoms with Crippen molar-refractivity contribution in [2.45, 2.75) is 35.8 Å². The van der Waals surface area contributed by atoms with Crippen LogP contribution in [0.2, 0.25) is 0 Å². The molecule has 1 N–H and O–H groups in total. The average molecular weight is 606 g/mol. The summed E-state index contributed by atoms with van der Waals surface area (Å²) in [7, 11) is 1.58. The lowest BCUT2D eigenvalue weighted by Gasteiger charge is -2.37. The number of rotatable bonds is 13. The number of carbonyl (C=O) groups excluding carboxylic acids is 3. The topological polar surface area (TPSA) is 99.6 Å². The fourth-order valence-electron chi connectivity index (χ4n) is 6.94. The van der Waals surface area contributed by atoms with E-state index in [1.54, 1.807) is 65.1 Å². The van der Waals surface area contributed by atoms with Crippen molar-refractivity contribution in [1.29, 1.82) is 0 Å². The van der Waals surface area contributed by atoms with Gasteiger partial charge in [0.05, 0.1) is 36.9 Å². The predicted octanol–water partition coefficient (Wildman–Crippen LogP) is 3.92. The smallest absolute Gasteiger partial charge is 0.251 e. The molecule has 10 heteroatoms. The van der Waals surface area contributed by atoms with Crippen molar-refractivity contribution in [1.82, 2.24) is 4.90 Å². The van der Waals surface area contributed by atoms with Crippen LogP contribution in [0.25, 0.3) is 0 Å². The van der Waals surface area contributed by atoms with E-state index < -0.39 is 22.6 Å². The molecule has 0 saturated carbocycles. The Morgan fingerprint density at radius 3 is 2.14 bits per heavy atom. The second kappa shape index (κ2) is 12.9. The van der Waals surface area contributed by atoms with Crippen molar-refractivity contribution >= 4 is 40.9 Å². The van der Waals surface area contributed by atoms with Crippen LogP contribution in [0.3, 0.4) is 0 Å². The molecule has 2 aromatic carbocycles. The van der Waals surface area contributed by atoms with E-state index in [-0.39, 0.29) is 49.2 Å². The van der Waals surface area contributed by atoms with Gasteiger partial charge in [0.25, 0.3) is 5.91 Å². The number of benzene rings is 2. The molecule has 3 heterocycles. The summed E-state index contributed by atoms with van der Waals surface area (Å²) in [6.45, 7) is 10.4. The molecule has 43 heavy (non-hydrogen) atoms. The van der Waals surface area contributed by atoms with Gasteiger partial charge >= 0.3 is 0 Å². The number of hydrogen-bond donors (Lipinski definition) is 1. The molecule has 2 unspecified atom stereocenters. The molecule has 9 nitrogen and oxygen atoms in total. The van der Waals surface area contributed by atoms with Crippen molar-refractivity contribution in [2.75, 3.05) is 49.8 Å². The van der Waals surface area contributed by atoms with Crippen LogP contribution in [-0.4, -0.2) is 83.7 Å². The first kappa shape index (κ1) is 30.7. The van der Waals surface area contributed by atoms with Gasteiger partial charge in [0.1, 0.15) is 17.5 Å². The summed E-state index contributed by atoms with van der Waals surface area (Å²) in [5, 5.41) is 9.88. The Labute approximate surface area is 257 Å². The fourth-order valence-corrected chi connectivity index (χ4v) is 9.15. The maximum atomic E-state index is 14.5. The molecule has 2 aromatic rings. The Morgan fingerprint density at radius 1 is 1.02 bits per heavy atom. The quantitative estimate of drug-likeness (QED) is 0.346. The first-order valence-corrected chi connectivity index (χ1v) is 15.5. The van der Waals surface area contributed by atoms with E-state index in [1.807, 2.05) is 31.2 Å². The number of likely N-dealkylation sites (tertiary alicyclic amines) is 1. The summed E-state index contributed by atoms with van der Waals surface area (Å²) in [4.78, 5) is 47.9. The number of thioether (sulfide) groups is 1. The van der Waals surface area contributed by atoms with Crippen molar-refractivity contribution in [3.05, 3.63) is 73.8 Å². The lowest BCUT2D eigenvalue weighted by atomic mass is 9.70. The number of methoxy groups -OCH3 is 1. The van der Waals surface area contributed by atoms with Crippen LogP contribution in [0, 0.1) is 11.8 Å². The molecule has 3 saturated heterocycles. The number of fused-ring (bicyclic) bond motifs is 1. The lowest BCUT2D eigenvalue weighted by molar-refractivity contribution is -0.139. The second-order valence-electron chi connectivity index (χ2n) is 10.9. The maximum absolute atomic E-state index is 14.5. The van der Waals surface area contributed by atoms with Crippen molar-refractivity contribution in [2.24, 2.45) is 11.8 Å². The molecule has 0 aliphatic carbocycles. The molecule has 3 amide bonds. The van der Waals surface area contributed by atoms with Gasteiger partial charge in [-0.05, 0) is 68.3 Å². The fraction of sp³-hybridized carbons (Fsp3) is 0.424. The number of aliphatic hydroxyl groups excluding tert-OH is 1. The number of amides is 3. The number of carbonyl (C=O) groups is 3. The molecule has 1 spiro atoms. The largest absolute Gasteiger partial charge is 0.497 e. The Balaban J connectivity index is 1.51. The van der Waals surface area contributed by atoms with E-state index in [0.717, 1.165) is 6.42 Å². The lowest BCUT2D eigenvalue weighted by Crippen LogP contribution is -2.55. The van der Waals surface area contributed by atoms with E-state index in [1.165, 1.54) is 4.90 Å². The summed E-state index contributed by atoms with van der Waals surface area (Å²) in [6.07, 6.45) is 4.68. The number of anilines is 2. The zero-order chi connectivity index (χ0) is 30.7. The highest BCUT2D eigenvalue weighted by atomic mass is 32.2. The summed E-state index contributed by atoms with van der Waals surface area (Å²) in [6, 6.07) is 13.7. The van der Waals surface area contributed by atoms with Crippen molar-refractivity contribution in [3.8, 4) is 11.5 Å². The number of hydrogen-bond acceptors (Lipinski definition) is 7. The van der Waals surface area contributed by atoms with Gasteiger partial charge in [0.15, 0.2) is 0 Å². The predicted molar refractivity (Wildman–Crippen MR) is 169 cm³/mol. The van der Waals surface area contributed by atoms with Gasteiger partial charge in [-0.15, -0.1) is 24.9 Å². The molecule has 2 bridgehead atoms. The Bertz CT molecular complexity index is 1370. The second-order valence-corrected chi connectivity index (χ2v) is 12.5. The monoisotopic (exact) mass is 605 g/mol. The highest BCUT2D eigenvalue weighted by Crippen LogP contribution is 2.66.